The minimum Gasteiger partial charge on any atom is -0.320 e. The average molecular weight is 296 g/mol. The summed E-state index contributed by atoms with van der Waals surface area (Å²) in [5.41, 5.74) is 8.77. The van der Waals surface area contributed by atoms with Crippen LogP contribution in [-0.4, -0.2) is 0 Å². The van der Waals surface area contributed by atoms with Crippen molar-refractivity contribution < 1.29 is 0 Å². The zero-order valence-electron chi connectivity index (χ0n) is 9.11. The maximum atomic E-state index is 6.24. The zero-order valence-corrected chi connectivity index (χ0v) is 11.5. The molecule has 0 radical (unpaired) electrons. The van der Waals surface area contributed by atoms with Crippen molar-refractivity contribution in [2.24, 2.45) is 5.73 Å². The van der Waals surface area contributed by atoms with Crippen LogP contribution in [0.25, 0.3) is 0 Å². The summed E-state index contributed by atoms with van der Waals surface area (Å²) in [6.07, 6.45) is 1.05. The van der Waals surface area contributed by atoms with E-state index < -0.39 is 0 Å². The smallest absolute Gasteiger partial charge is 0.0702 e. The third-order valence-corrected chi connectivity index (χ3v) is 4.33. The summed E-state index contributed by atoms with van der Waals surface area (Å²) in [6, 6.07) is 12.6. The predicted molar refractivity (Wildman–Crippen MR) is 73.9 cm³/mol. The highest BCUT2D eigenvalue weighted by molar-refractivity contribution is 9.11. The molecular formula is C13H14BrNS. The number of thiophene rings is 1. The highest BCUT2D eigenvalue weighted by Crippen LogP contribution is 2.29. The van der Waals surface area contributed by atoms with E-state index in [1.54, 1.807) is 11.3 Å². The molecule has 0 spiro atoms. The van der Waals surface area contributed by atoms with E-state index in [2.05, 4.69) is 53.2 Å². The Morgan fingerprint density at radius 2 is 2.12 bits per heavy atom. The molecule has 1 atom stereocenters. The Bertz CT molecular complexity index is 478. The van der Waals surface area contributed by atoms with E-state index in [4.69, 9.17) is 5.73 Å². The Balaban J connectivity index is 2.29. The molecule has 0 saturated heterocycles. The molecular weight excluding hydrogens is 282 g/mol. The highest BCUT2D eigenvalue weighted by atomic mass is 79.9. The van der Waals surface area contributed by atoms with Crippen LogP contribution in [0.5, 0.6) is 0 Å². The molecule has 1 unspecified atom stereocenters. The highest BCUT2D eigenvalue weighted by Gasteiger charge is 2.11. The number of aryl methyl sites for hydroxylation is 1. The molecule has 3 heteroatoms. The molecule has 1 nitrogen and oxygen atoms in total. The predicted octanol–water partition coefficient (Wildman–Crippen LogP) is 4.12. The van der Waals surface area contributed by atoms with Gasteiger partial charge in [0.05, 0.1) is 9.83 Å². The number of benzene rings is 1. The Morgan fingerprint density at radius 3 is 2.75 bits per heavy atom. The van der Waals surface area contributed by atoms with Crippen molar-refractivity contribution in [1.82, 2.24) is 0 Å². The summed E-state index contributed by atoms with van der Waals surface area (Å²) in [5, 5.41) is 0. The quantitative estimate of drug-likeness (QED) is 0.906. The van der Waals surface area contributed by atoms with Gasteiger partial charge in [-0.05, 0) is 45.6 Å². The van der Waals surface area contributed by atoms with Gasteiger partial charge in [-0.3, -0.25) is 0 Å². The van der Waals surface area contributed by atoms with Crippen LogP contribution in [0.1, 0.15) is 29.0 Å². The fraction of sp³-hybridized carbons (Fsp3) is 0.231. The van der Waals surface area contributed by atoms with E-state index in [-0.39, 0.29) is 6.04 Å². The zero-order chi connectivity index (χ0) is 11.5. The molecule has 0 bridgehead atoms. The molecule has 1 heterocycles. The van der Waals surface area contributed by atoms with Crippen molar-refractivity contribution in [1.29, 1.82) is 0 Å². The van der Waals surface area contributed by atoms with Crippen molar-refractivity contribution in [3.8, 4) is 0 Å². The van der Waals surface area contributed by atoms with Crippen LogP contribution >= 0.6 is 27.3 Å². The van der Waals surface area contributed by atoms with Gasteiger partial charge in [0.15, 0.2) is 0 Å². The first-order valence-electron chi connectivity index (χ1n) is 5.30. The first-order valence-corrected chi connectivity index (χ1v) is 6.91. The SMILES string of the molecule is CCc1cccc(C(N)c2ccc(Br)s2)c1. The lowest BCUT2D eigenvalue weighted by Crippen LogP contribution is -2.10. The number of hydrogen-bond donors (Lipinski definition) is 1. The van der Waals surface area contributed by atoms with Gasteiger partial charge in [0.1, 0.15) is 0 Å². The van der Waals surface area contributed by atoms with E-state index in [9.17, 15) is 0 Å². The van der Waals surface area contributed by atoms with E-state index in [1.807, 2.05) is 6.07 Å². The molecule has 0 amide bonds. The summed E-state index contributed by atoms with van der Waals surface area (Å²) >= 11 is 5.16. The van der Waals surface area contributed by atoms with Crippen LogP contribution in [0.3, 0.4) is 0 Å². The third kappa shape index (κ3) is 2.54. The summed E-state index contributed by atoms with van der Waals surface area (Å²) in [4.78, 5) is 1.19. The van der Waals surface area contributed by atoms with Crippen molar-refractivity contribution in [3.05, 3.63) is 56.2 Å². The van der Waals surface area contributed by atoms with Gasteiger partial charge in [0.25, 0.3) is 0 Å². The van der Waals surface area contributed by atoms with Gasteiger partial charge in [-0.25, -0.2) is 0 Å². The van der Waals surface area contributed by atoms with Gasteiger partial charge < -0.3 is 5.73 Å². The van der Waals surface area contributed by atoms with Crippen LogP contribution in [0.4, 0.5) is 0 Å². The van der Waals surface area contributed by atoms with Gasteiger partial charge in [-0.2, -0.15) is 0 Å². The second-order valence-corrected chi connectivity index (χ2v) is 6.21. The molecule has 0 aliphatic rings. The van der Waals surface area contributed by atoms with Gasteiger partial charge in [0, 0.05) is 4.88 Å². The maximum absolute atomic E-state index is 6.24. The molecule has 84 valence electrons. The maximum Gasteiger partial charge on any atom is 0.0702 e. The number of hydrogen-bond acceptors (Lipinski definition) is 2. The van der Waals surface area contributed by atoms with Gasteiger partial charge in [-0.15, -0.1) is 11.3 Å². The second kappa shape index (κ2) is 5.13. The molecule has 2 rings (SSSR count). The fourth-order valence-corrected chi connectivity index (χ4v) is 3.12. The topological polar surface area (TPSA) is 26.0 Å². The molecule has 16 heavy (non-hydrogen) atoms. The average Bonchev–Trinajstić information content (AvgIpc) is 2.75. The molecule has 0 saturated carbocycles. The normalized spacial score (nSPS) is 12.7. The van der Waals surface area contributed by atoms with Crippen molar-refractivity contribution in [2.45, 2.75) is 19.4 Å². The number of halogens is 1. The molecule has 0 aliphatic heterocycles. The molecule has 2 N–H and O–H groups in total. The number of nitrogens with two attached hydrogens (primary N) is 1. The van der Waals surface area contributed by atoms with E-state index in [0.29, 0.717) is 0 Å². The summed E-state index contributed by atoms with van der Waals surface area (Å²) in [7, 11) is 0. The molecule has 1 aromatic heterocycles. The van der Waals surface area contributed by atoms with E-state index in [0.717, 1.165) is 10.2 Å². The van der Waals surface area contributed by atoms with Gasteiger partial charge in [0.2, 0.25) is 0 Å². The summed E-state index contributed by atoms with van der Waals surface area (Å²) in [6.45, 7) is 2.16. The Hall–Kier alpha value is -0.640. The monoisotopic (exact) mass is 295 g/mol. The van der Waals surface area contributed by atoms with E-state index >= 15 is 0 Å². The molecule has 0 aliphatic carbocycles. The van der Waals surface area contributed by atoms with Crippen molar-refractivity contribution in [3.63, 3.8) is 0 Å². The van der Waals surface area contributed by atoms with E-state index in [1.165, 1.54) is 16.0 Å². The largest absolute Gasteiger partial charge is 0.320 e. The van der Waals surface area contributed by atoms with Crippen LogP contribution < -0.4 is 5.73 Å². The Kier molecular flexibility index (Phi) is 3.79. The van der Waals surface area contributed by atoms with Crippen molar-refractivity contribution in [2.75, 3.05) is 0 Å². The fourth-order valence-electron chi connectivity index (χ4n) is 1.67. The summed E-state index contributed by atoms with van der Waals surface area (Å²) < 4.78 is 1.13. The second-order valence-electron chi connectivity index (χ2n) is 3.72. The van der Waals surface area contributed by atoms with Crippen LogP contribution in [-0.2, 0) is 6.42 Å². The lowest BCUT2D eigenvalue weighted by molar-refractivity contribution is 0.888. The molecule has 1 aromatic carbocycles. The van der Waals surface area contributed by atoms with Crippen molar-refractivity contribution >= 4 is 27.3 Å². The van der Waals surface area contributed by atoms with Gasteiger partial charge >= 0.3 is 0 Å². The lowest BCUT2D eigenvalue weighted by Gasteiger charge is -2.11. The number of rotatable bonds is 3. The Labute approximate surface area is 108 Å². The molecule has 0 fully saturated rings. The Morgan fingerprint density at radius 1 is 1.31 bits per heavy atom. The van der Waals surface area contributed by atoms with Crippen LogP contribution in [0.2, 0.25) is 0 Å². The molecule has 2 aromatic rings. The standard InChI is InChI=1S/C13H14BrNS/c1-2-9-4-3-5-10(8-9)13(15)11-6-7-12(14)16-11/h3-8,13H,2,15H2,1H3. The summed E-state index contributed by atoms with van der Waals surface area (Å²) in [5.74, 6) is 0. The lowest BCUT2D eigenvalue weighted by atomic mass is 10.0. The first kappa shape index (κ1) is 11.8. The van der Waals surface area contributed by atoms with Crippen LogP contribution in [0, 0.1) is 0 Å². The van der Waals surface area contributed by atoms with Gasteiger partial charge in [-0.1, -0.05) is 31.2 Å². The minimum absolute atomic E-state index is 0.0113. The van der Waals surface area contributed by atoms with Crippen LogP contribution in [0.15, 0.2) is 40.2 Å². The first-order chi connectivity index (χ1) is 7.70. The minimum atomic E-state index is -0.0113. The third-order valence-electron chi connectivity index (χ3n) is 2.62.